The summed E-state index contributed by atoms with van der Waals surface area (Å²) in [4.78, 5) is 12.0. The van der Waals surface area contributed by atoms with Crippen LogP contribution in [0.1, 0.15) is 38.6 Å². The van der Waals surface area contributed by atoms with Gasteiger partial charge < -0.3 is 15.2 Å². The molecule has 1 aromatic heterocycles. The molecule has 5 heteroatoms. The van der Waals surface area contributed by atoms with Gasteiger partial charge in [0.25, 0.3) is 5.56 Å². The van der Waals surface area contributed by atoms with E-state index in [9.17, 15) is 4.79 Å². The average molecular weight is 274 g/mol. The van der Waals surface area contributed by atoms with Crippen molar-refractivity contribution in [1.82, 2.24) is 9.88 Å². The maximum Gasteiger partial charge on any atom is 0.252 e. The maximum absolute atomic E-state index is 12.0. The van der Waals surface area contributed by atoms with Gasteiger partial charge in [0.05, 0.1) is 0 Å². The van der Waals surface area contributed by atoms with Crippen LogP contribution >= 0.6 is 0 Å². The topological polar surface area (TPSA) is 69.9 Å². The molecule has 0 radical (unpaired) electrons. The summed E-state index contributed by atoms with van der Waals surface area (Å²) in [6.07, 6.45) is 5.97. The summed E-state index contributed by atoms with van der Waals surface area (Å²) < 4.78 is 1.79. The Kier molecular flexibility index (Phi) is 3.38. The molecule has 5 nitrogen and oxygen atoms in total. The van der Waals surface area contributed by atoms with Crippen molar-refractivity contribution in [2.24, 2.45) is 5.41 Å². The van der Waals surface area contributed by atoms with Crippen molar-refractivity contribution in [3.63, 3.8) is 0 Å². The Labute approximate surface area is 118 Å². The predicted molar refractivity (Wildman–Crippen MR) is 80.5 cm³/mol. The van der Waals surface area contributed by atoms with E-state index in [0.717, 1.165) is 44.5 Å². The molecule has 108 valence electrons. The fourth-order valence-electron chi connectivity index (χ4n) is 2.75. The van der Waals surface area contributed by atoms with Crippen molar-refractivity contribution < 1.29 is 0 Å². The van der Waals surface area contributed by atoms with Gasteiger partial charge in [-0.05, 0) is 44.8 Å². The molecule has 0 spiro atoms. The first-order valence-corrected chi connectivity index (χ1v) is 7.37. The van der Waals surface area contributed by atoms with Gasteiger partial charge in [0.2, 0.25) is 0 Å². The largest absolute Gasteiger partial charge is 0.344 e. The third kappa shape index (κ3) is 2.63. The van der Waals surface area contributed by atoms with Gasteiger partial charge in [-0.3, -0.25) is 10.2 Å². The number of nitrogens with zero attached hydrogens (tertiary/aromatic N) is 1. The molecule has 0 atom stereocenters. The fourth-order valence-corrected chi connectivity index (χ4v) is 2.75. The van der Waals surface area contributed by atoms with Crippen LogP contribution < -0.4 is 16.2 Å². The van der Waals surface area contributed by atoms with Crippen LogP contribution in [-0.2, 0) is 0 Å². The number of hydrogen-bond acceptors (Lipinski definition) is 3. The molecule has 0 bridgehead atoms. The van der Waals surface area contributed by atoms with Crippen LogP contribution in [0.25, 0.3) is 0 Å². The minimum Gasteiger partial charge on any atom is -0.344 e. The lowest BCUT2D eigenvalue weighted by atomic mass is 9.79. The molecule has 1 saturated carbocycles. The van der Waals surface area contributed by atoms with E-state index in [4.69, 9.17) is 5.41 Å². The van der Waals surface area contributed by atoms with Gasteiger partial charge in [0.15, 0.2) is 0 Å². The minimum atomic E-state index is -0.114. The lowest BCUT2D eigenvalue weighted by Gasteiger charge is -2.34. The van der Waals surface area contributed by atoms with Gasteiger partial charge in [-0.2, -0.15) is 0 Å². The molecular weight excluding hydrogens is 252 g/mol. The van der Waals surface area contributed by atoms with Crippen molar-refractivity contribution in [3.8, 4) is 0 Å². The predicted octanol–water partition coefficient (Wildman–Crippen LogP) is 1.96. The molecule has 2 heterocycles. The van der Waals surface area contributed by atoms with E-state index in [-0.39, 0.29) is 11.0 Å². The summed E-state index contributed by atoms with van der Waals surface area (Å²) in [7, 11) is 0. The Morgan fingerprint density at radius 3 is 2.75 bits per heavy atom. The highest BCUT2D eigenvalue weighted by Crippen LogP contribution is 2.33. The lowest BCUT2D eigenvalue weighted by molar-refractivity contribution is 0.326. The lowest BCUT2D eigenvalue weighted by Crippen LogP contribution is -2.42. The Balaban J connectivity index is 1.72. The molecule has 3 N–H and O–H groups in total. The normalized spacial score (nSPS) is 21.4. The molecule has 0 unspecified atom stereocenters. The molecule has 1 aromatic rings. The number of nitrogens with one attached hydrogen (secondary N) is 3. The zero-order chi connectivity index (χ0) is 14.2. The number of pyridine rings is 1. The van der Waals surface area contributed by atoms with Crippen LogP contribution in [0.3, 0.4) is 0 Å². The summed E-state index contributed by atoms with van der Waals surface area (Å²) in [6, 6.07) is 3.91. The van der Waals surface area contributed by atoms with E-state index in [2.05, 4.69) is 17.6 Å². The van der Waals surface area contributed by atoms with E-state index < -0.39 is 0 Å². The van der Waals surface area contributed by atoms with E-state index >= 15 is 0 Å². The Morgan fingerprint density at radius 2 is 2.15 bits per heavy atom. The second kappa shape index (κ2) is 5.05. The van der Waals surface area contributed by atoms with Gasteiger partial charge >= 0.3 is 0 Å². The van der Waals surface area contributed by atoms with Crippen molar-refractivity contribution in [3.05, 3.63) is 28.7 Å². The molecule has 2 fully saturated rings. The minimum absolute atomic E-state index is 0.0285. The van der Waals surface area contributed by atoms with E-state index in [1.165, 1.54) is 0 Å². The van der Waals surface area contributed by atoms with Crippen LogP contribution in [0.4, 0.5) is 5.69 Å². The first kappa shape index (κ1) is 13.4. The summed E-state index contributed by atoms with van der Waals surface area (Å²) in [5.41, 5.74) is 0.647. The van der Waals surface area contributed by atoms with Gasteiger partial charge in [0.1, 0.15) is 5.84 Å². The van der Waals surface area contributed by atoms with E-state index in [0.29, 0.717) is 11.9 Å². The van der Waals surface area contributed by atoms with Gasteiger partial charge in [-0.1, -0.05) is 6.92 Å². The fraction of sp³-hybridized carbons (Fsp3) is 0.600. The quantitative estimate of drug-likeness (QED) is 0.583. The molecule has 2 aliphatic rings. The smallest absolute Gasteiger partial charge is 0.252 e. The van der Waals surface area contributed by atoms with Crippen molar-refractivity contribution in [2.75, 3.05) is 18.4 Å². The number of piperidine rings is 1. The third-order valence-electron chi connectivity index (χ3n) is 4.47. The van der Waals surface area contributed by atoms with Gasteiger partial charge in [0, 0.05) is 29.4 Å². The van der Waals surface area contributed by atoms with Gasteiger partial charge in [-0.15, -0.1) is 0 Å². The zero-order valence-electron chi connectivity index (χ0n) is 11.9. The molecule has 0 aromatic carbocycles. The molecule has 1 saturated heterocycles. The second-order valence-electron chi connectivity index (χ2n) is 6.20. The van der Waals surface area contributed by atoms with Gasteiger partial charge in [-0.25, -0.2) is 0 Å². The number of amidine groups is 1. The molecular formula is C15H22N4O. The maximum atomic E-state index is 12.0. The monoisotopic (exact) mass is 274 g/mol. The molecule has 1 aliphatic heterocycles. The highest BCUT2D eigenvalue weighted by atomic mass is 16.1. The van der Waals surface area contributed by atoms with E-state index in [1.807, 2.05) is 12.3 Å². The summed E-state index contributed by atoms with van der Waals surface area (Å²) >= 11 is 0. The Morgan fingerprint density at radius 1 is 1.45 bits per heavy atom. The third-order valence-corrected chi connectivity index (χ3v) is 4.47. The zero-order valence-corrected chi connectivity index (χ0v) is 11.9. The average Bonchev–Trinajstić information content (AvgIpc) is 3.24. The van der Waals surface area contributed by atoms with Crippen LogP contribution in [0.5, 0.6) is 0 Å². The first-order valence-electron chi connectivity index (χ1n) is 7.37. The SMILES string of the molecule is CC1(C(=N)Nc2ccn(C3CC3)c(=O)c2)CCNCC1. The van der Waals surface area contributed by atoms with Crippen LogP contribution in [-0.4, -0.2) is 23.5 Å². The van der Waals surface area contributed by atoms with Crippen molar-refractivity contribution in [1.29, 1.82) is 5.41 Å². The summed E-state index contributed by atoms with van der Waals surface area (Å²) in [5.74, 6) is 0.516. The molecule has 1 aliphatic carbocycles. The number of aromatic nitrogens is 1. The second-order valence-corrected chi connectivity index (χ2v) is 6.20. The summed E-state index contributed by atoms with van der Waals surface area (Å²) in [6.45, 7) is 4.02. The standard InChI is InChI=1S/C15H22N4O/c1-15(5-7-17-8-6-15)14(16)18-11-4-9-19(12-2-3-12)13(20)10-11/h4,9-10,12,17H,2-3,5-8H2,1H3,(H2,16,18). The summed E-state index contributed by atoms with van der Waals surface area (Å²) in [5, 5.41) is 14.7. The Bertz CT molecular complexity index is 567. The molecule has 3 rings (SSSR count). The number of anilines is 1. The number of rotatable bonds is 3. The van der Waals surface area contributed by atoms with Crippen molar-refractivity contribution in [2.45, 2.75) is 38.6 Å². The number of hydrogen-bond donors (Lipinski definition) is 3. The van der Waals surface area contributed by atoms with Crippen LogP contribution in [0, 0.1) is 10.8 Å². The van der Waals surface area contributed by atoms with Crippen LogP contribution in [0.15, 0.2) is 23.1 Å². The Hall–Kier alpha value is -1.62. The van der Waals surface area contributed by atoms with E-state index in [1.54, 1.807) is 10.6 Å². The van der Waals surface area contributed by atoms with Crippen LogP contribution in [0.2, 0.25) is 0 Å². The highest BCUT2D eigenvalue weighted by Gasteiger charge is 2.31. The molecule has 0 amide bonds. The molecule has 20 heavy (non-hydrogen) atoms. The first-order chi connectivity index (χ1) is 9.58. The van der Waals surface area contributed by atoms with Crippen molar-refractivity contribution >= 4 is 11.5 Å². The highest BCUT2D eigenvalue weighted by molar-refractivity contribution is 5.97.